The summed E-state index contributed by atoms with van der Waals surface area (Å²) in [6.45, 7) is 9.60. The molecule has 1 aromatic rings. The highest BCUT2D eigenvalue weighted by atomic mass is 35.5. The minimum Gasteiger partial charge on any atom is -0.399 e. The number of anilines is 2. The molecule has 0 atom stereocenters. The monoisotopic (exact) mass is 241 g/mol. The first-order valence-electron chi connectivity index (χ1n) is 5.60. The van der Waals surface area contributed by atoms with Gasteiger partial charge in [0.2, 0.25) is 0 Å². The normalized spacial score (nSPS) is 11.2. The lowest BCUT2D eigenvalue weighted by Gasteiger charge is -2.29. The Balaban J connectivity index is 3.00. The number of nitrogens with two attached hydrogens (primary N) is 1. The Morgan fingerprint density at radius 2 is 1.94 bits per heavy atom. The first-order valence-corrected chi connectivity index (χ1v) is 5.97. The van der Waals surface area contributed by atoms with Gasteiger partial charge >= 0.3 is 0 Å². The van der Waals surface area contributed by atoms with Crippen molar-refractivity contribution in [3.05, 3.63) is 17.3 Å². The van der Waals surface area contributed by atoms with Crippen LogP contribution in [-0.4, -0.2) is 17.6 Å². The quantitative estimate of drug-likeness (QED) is 0.824. The smallest absolute Gasteiger partial charge is 0.133 e. The van der Waals surface area contributed by atoms with E-state index in [0.29, 0.717) is 22.8 Å². The molecule has 0 aliphatic heterocycles. The predicted octanol–water partition coefficient (Wildman–Crippen LogP) is 3.19. The molecular weight excluding hydrogens is 222 g/mol. The molecular formula is C12H20ClN3. The predicted molar refractivity (Wildman–Crippen MR) is 71.0 cm³/mol. The highest BCUT2D eigenvalue weighted by molar-refractivity contribution is 6.29. The second kappa shape index (κ2) is 5.39. The molecule has 0 spiro atoms. The zero-order valence-electron chi connectivity index (χ0n) is 10.4. The molecule has 1 heterocycles. The maximum absolute atomic E-state index is 5.92. The first-order chi connectivity index (χ1) is 7.40. The van der Waals surface area contributed by atoms with Crippen LogP contribution in [0.4, 0.5) is 11.5 Å². The Morgan fingerprint density at radius 1 is 1.31 bits per heavy atom. The van der Waals surface area contributed by atoms with Gasteiger partial charge in [-0.05, 0) is 25.8 Å². The van der Waals surface area contributed by atoms with E-state index in [1.165, 1.54) is 0 Å². The van der Waals surface area contributed by atoms with E-state index in [-0.39, 0.29) is 0 Å². The number of pyridine rings is 1. The third-order valence-corrected chi connectivity index (χ3v) is 2.48. The number of hydrogen-bond donors (Lipinski definition) is 1. The summed E-state index contributed by atoms with van der Waals surface area (Å²) in [4.78, 5) is 6.54. The van der Waals surface area contributed by atoms with Gasteiger partial charge in [-0.15, -0.1) is 0 Å². The van der Waals surface area contributed by atoms with E-state index in [4.69, 9.17) is 17.3 Å². The molecule has 0 aliphatic rings. The molecule has 0 aliphatic carbocycles. The molecule has 2 N–H and O–H groups in total. The lowest BCUT2D eigenvalue weighted by atomic mass is 10.1. The lowest BCUT2D eigenvalue weighted by Crippen LogP contribution is -2.34. The maximum Gasteiger partial charge on any atom is 0.133 e. The fourth-order valence-corrected chi connectivity index (χ4v) is 1.82. The Hall–Kier alpha value is -0.960. The molecule has 90 valence electrons. The topological polar surface area (TPSA) is 42.1 Å². The molecule has 1 aromatic heterocycles. The molecule has 4 heteroatoms. The van der Waals surface area contributed by atoms with Gasteiger partial charge in [-0.25, -0.2) is 4.98 Å². The van der Waals surface area contributed by atoms with Crippen LogP contribution >= 0.6 is 11.6 Å². The van der Waals surface area contributed by atoms with Gasteiger partial charge in [-0.2, -0.15) is 0 Å². The van der Waals surface area contributed by atoms with Crippen molar-refractivity contribution in [1.82, 2.24) is 4.98 Å². The van der Waals surface area contributed by atoms with Crippen molar-refractivity contribution in [2.75, 3.05) is 17.2 Å². The van der Waals surface area contributed by atoms with Gasteiger partial charge in [0, 0.05) is 24.3 Å². The summed E-state index contributed by atoms with van der Waals surface area (Å²) in [7, 11) is 0. The summed E-state index contributed by atoms with van der Waals surface area (Å²) in [6.07, 6.45) is 0. The summed E-state index contributed by atoms with van der Waals surface area (Å²) >= 11 is 5.92. The van der Waals surface area contributed by atoms with Gasteiger partial charge in [0.1, 0.15) is 11.0 Å². The molecule has 0 unspecified atom stereocenters. The van der Waals surface area contributed by atoms with Crippen LogP contribution in [0.25, 0.3) is 0 Å². The van der Waals surface area contributed by atoms with Crippen molar-refractivity contribution in [2.24, 2.45) is 5.92 Å². The van der Waals surface area contributed by atoms with Gasteiger partial charge in [0.15, 0.2) is 0 Å². The van der Waals surface area contributed by atoms with Gasteiger partial charge < -0.3 is 10.6 Å². The van der Waals surface area contributed by atoms with Crippen molar-refractivity contribution in [2.45, 2.75) is 33.7 Å². The highest BCUT2D eigenvalue weighted by Crippen LogP contribution is 2.22. The average Bonchev–Trinajstić information content (AvgIpc) is 2.11. The fourth-order valence-electron chi connectivity index (χ4n) is 1.61. The summed E-state index contributed by atoms with van der Waals surface area (Å²) in [5.74, 6) is 1.43. The van der Waals surface area contributed by atoms with E-state index in [1.807, 2.05) is 6.07 Å². The summed E-state index contributed by atoms with van der Waals surface area (Å²) in [6, 6.07) is 3.92. The third-order valence-electron chi connectivity index (χ3n) is 2.28. The second-order valence-corrected chi connectivity index (χ2v) is 5.11. The van der Waals surface area contributed by atoms with Crippen LogP contribution in [0.3, 0.4) is 0 Å². The Labute approximate surface area is 103 Å². The standard InChI is InChI=1S/C12H20ClN3/c1-8(2)7-16(9(3)4)12-6-10(14)5-11(13)15-12/h5-6,8-9H,7H2,1-4H3,(H2,14,15). The molecule has 1 rings (SSSR count). The summed E-state index contributed by atoms with van der Waals surface area (Å²) in [5, 5.41) is 0.449. The molecule has 0 radical (unpaired) electrons. The first kappa shape index (κ1) is 13.1. The highest BCUT2D eigenvalue weighted by Gasteiger charge is 2.14. The molecule has 0 saturated carbocycles. The Kier molecular flexibility index (Phi) is 4.42. The van der Waals surface area contributed by atoms with Crippen molar-refractivity contribution >= 4 is 23.1 Å². The van der Waals surface area contributed by atoms with Crippen molar-refractivity contribution in [3.63, 3.8) is 0 Å². The summed E-state index contributed by atoms with van der Waals surface area (Å²) in [5.41, 5.74) is 6.43. The zero-order chi connectivity index (χ0) is 12.3. The van der Waals surface area contributed by atoms with Crippen LogP contribution in [0.5, 0.6) is 0 Å². The van der Waals surface area contributed by atoms with Crippen LogP contribution in [0.1, 0.15) is 27.7 Å². The molecule has 0 amide bonds. The molecule has 3 nitrogen and oxygen atoms in total. The average molecular weight is 242 g/mol. The lowest BCUT2D eigenvalue weighted by molar-refractivity contribution is 0.566. The number of nitrogen functional groups attached to an aromatic ring is 1. The van der Waals surface area contributed by atoms with E-state index >= 15 is 0 Å². The molecule has 0 fully saturated rings. The molecule has 0 aromatic carbocycles. The maximum atomic E-state index is 5.92. The number of halogens is 1. The van der Waals surface area contributed by atoms with Crippen LogP contribution in [0.2, 0.25) is 5.15 Å². The minimum atomic E-state index is 0.382. The van der Waals surface area contributed by atoms with Crippen LogP contribution in [0, 0.1) is 5.92 Å². The fraction of sp³-hybridized carbons (Fsp3) is 0.583. The number of rotatable bonds is 4. The van der Waals surface area contributed by atoms with E-state index in [1.54, 1.807) is 6.07 Å². The van der Waals surface area contributed by atoms with Crippen LogP contribution < -0.4 is 10.6 Å². The van der Waals surface area contributed by atoms with Crippen LogP contribution in [-0.2, 0) is 0 Å². The SMILES string of the molecule is CC(C)CN(c1cc(N)cc(Cl)n1)C(C)C. The van der Waals surface area contributed by atoms with Crippen LogP contribution in [0.15, 0.2) is 12.1 Å². The number of hydrogen-bond acceptors (Lipinski definition) is 3. The molecule has 0 saturated heterocycles. The van der Waals surface area contributed by atoms with E-state index < -0.39 is 0 Å². The van der Waals surface area contributed by atoms with Crippen molar-refractivity contribution in [1.29, 1.82) is 0 Å². The van der Waals surface area contributed by atoms with Gasteiger partial charge in [0.25, 0.3) is 0 Å². The molecule has 0 bridgehead atoms. The van der Waals surface area contributed by atoms with Gasteiger partial charge in [-0.1, -0.05) is 25.4 Å². The van der Waals surface area contributed by atoms with Crippen molar-refractivity contribution in [3.8, 4) is 0 Å². The zero-order valence-corrected chi connectivity index (χ0v) is 11.1. The molecule has 16 heavy (non-hydrogen) atoms. The number of aromatic nitrogens is 1. The summed E-state index contributed by atoms with van der Waals surface area (Å²) < 4.78 is 0. The third kappa shape index (κ3) is 3.56. The van der Waals surface area contributed by atoms with E-state index in [9.17, 15) is 0 Å². The largest absolute Gasteiger partial charge is 0.399 e. The minimum absolute atomic E-state index is 0.382. The van der Waals surface area contributed by atoms with Crippen molar-refractivity contribution < 1.29 is 0 Å². The van der Waals surface area contributed by atoms with Gasteiger partial charge in [0.05, 0.1) is 0 Å². The Morgan fingerprint density at radius 3 is 2.38 bits per heavy atom. The van der Waals surface area contributed by atoms with Gasteiger partial charge in [-0.3, -0.25) is 0 Å². The second-order valence-electron chi connectivity index (χ2n) is 4.72. The Bertz CT molecular complexity index is 330. The van der Waals surface area contributed by atoms with E-state index in [0.717, 1.165) is 12.4 Å². The van der Waals surface area contributed by atoms with E-state index in [2.05, 4.69) is 37.6 Å². The number of nitrogens with zero attached hydrogens (tertiary/aromatic N) is 2.